The number of benzene rings is 1. The number of aromatic nitrogens is 3. The summed E-state index contributed by atoms with van der Waals surface area (Å²) in [6, 6.07) is 8.07. The summed E-state index contributed by atoms with van der Waals surface area (Å²) in [5, 5.41) is 5.40. The summed E-state index contributed by atoms with van der Waals surface area (Å²) >= 11 is 0. The Balaban J connectivity index is 1.37. The van der Waals surface area contributed by atoms with Crippen molar-refractivity contribution < 1.29 is 17.9 Å². The Bertz CT molecular complexity index is 1740. The lowest BCUT2D eigenvalue weighted by atomic mass is 9.77. The number of anilines is 4. The number of likely N-dealkylation sites (tertiary alicyclic amines) is 1. The molecule has 0 aliphatic carbocycles. The Morgan fingerprint density at radius 3 is 2.55 bits per heavy atom. The van der Waals surface area contributed by atoms with Crippen LogP contribution >= 0.6 is 0 Å². The minimum absolute atomic E-state index is 0.0240. The van der Waals surface area contributed by atoms with Crippen LogP contribution in [0.1, 0.15) is 64.0 Å². The van der Waals surface area contributed by atoms with Crippen molar-refractivity contribution in [1.29, 1.82) is 0 Å². The molecule has 3 aromatic rings. The van der Waals surface area contributed by atoms with Crippen LogP contribution in [0.5, 0.6) is 0 Å². The lowest BCUT2D eigenvalue weighted by molar-refractivity contribution is -0.128. The van der Waals surface area contributed by atoms with E-state index in [0.29, 0.717) is 30.7 Å². The molecule has 2 aromatic heterocycles. The number of hydrogen-bond donors (Lipinski definition) is 1. The number of sulfone groups is 1. The summed E-state index contributed by atoms with van der Waals surface area (Å²) in [6.07, 6.45) is 12.4. The lowest BCUT2D eigenvalue weighted by Crippen LogP contribution is -2.66. The molecule has 12 heteroatoms. The summed E-state index contributed by atoms with van der Waals surface area (Å²) in [5.74, 6) is 2.10. The van der Waals surface area contributed by atoms with E-state index in [1.54, 1.807) is 13.3 Å². The minimum Gasteiger partial charge on any atom is -0.381 e. The second-order valence-corrected chi connectivity index (χ2v) is 15.9. The van der Waals surface area contributed by atoms with Gasteiger partial charge < -0.3 is 24.8 Å². The number of carbonyl (C=O) groups is 1. The highest BCUT2D eigenvalue weighted by Gasteiger charge is 2.48. The molecule has 11 nitrogen and oxygen atoms in total. The number of pyridine rings is 1. The van der Waals surface area contributed by atoms with Crippen LogP contribution in [0.4, 0.5) is 23.3 Å². The molecule has 0 spiro atoms. The fourth-order valence-electron chi connectivity index (χ4n) is 7.46. The first-order chi connectivity index (χ1) is 22.5. The van der Waals surface area contributed by atoms with Crippen molar-refractivity contribution >= 4 is 49.8 Å². The van der Waals surface area contributed by atoms with Crippen molar-refractivity contribution in [2.75, 3.05) is 60.4 Å². The van der Waals surface area contributed by atoms with Gasteiger partial charge in [0, 0.05) is 74.5 Å². The van der Waals surface area contributed by atoms with Gasteiger partial charge in [-0.05, 0) is 74.8 Å². The van der Waals surface area contributed by atoms with Gasteiger partial charge in [0.15, 0.2) is 0 Å². The third-order valence-corrected chi connectivity index (χ3v) is 11.3. The van der Waals surface area contributed by atoms with Gasteiger partial charge in [-0.25, -0.2) is 18.4 Å². The van der Waals surface area contributed by atoms with Gasteiger partial charge in [-0.3, -0.25) is 4.79 Å². The van der Waals surface area contributed by atoms with Crippen molar-refractivity contribution in [1.82, 2.24) is 19.9 Å². The molecule has 1 aromatic carbocycles. The molecule has 3 fully saturated rings. The van der Waals surface area contributed by atoms with Crippen LogP contribution in [0, 0.1) is 5.92 Å². The molecule has 1 N–H and O–H groups in total. The van der Waals surface area contributed by atoms with Gasteiger partial charge in [-0.15, -0.1) is 0 Å². The van der Waals surface area contributed by atoms with E-state index >= 15 is 0 Å². The molecular weight excluding hydrogens is 614 g/mol. The van der Waals surface area contributed by atoms with Crippen molar-refractivity contribution in [3.8, 4) is 0 Å². The first kappa shape index (κ1) is 33.1. The smallest absolute Gasteiger partial charge is 0.246 e. The van der Waals surface area contributed by atoms with Crippen LogP contribution in [0.25, 0.3) is 10.8 Å². The van der Waals surface area contributed by atoms with Crippen molar-refractivity contribution in [3.05, 3.63) is 54.9 Å². The van der Waals surface area contributed by atoms with Crippen LogP contribution < -0.4 is 15.1 Å². The number of methoxy groups -OCH3 is 1. The van der Waals surface area contributed by atoms with E-state index in [0.717, 1.165) is 73.6 Å². The van der Waals surface area contributed by atoms with E-state index in [2.05, 4.69) is 58.7 Å². The number of hydrogen-bond acceptors (Lipinski definition) is 10. The number of carbonyl (C=O) groups excluding carboxylic acids is 1. The zero-order valence-electron chi connectivity index (χ0n) is 28.0. The molecule has 3 saturated heterocycles. The Morgan fingerprint density at radius 2 is 1.85 bits per heavy atom. The number of rotatable bonds is 9. The van der Waals surface area contributed by atoms with E-state index in [9.17, 15) is 13.2 Å². The second-order valence-electron chi connectivity index (χ2n) is 13.7. The molecule has 0 saturated carbocycles. The van der Waals surface area contributed by atoms with Crippen LogP contribution in [0.2, 0.25) is 0 Å². The zero-order chi connectivity index (χ0) is 33.3. The number of nitrogens with one attached hydrogen (secondary N) is 1. The van der Waals surface area contributed by atoms with Crippen molar-refractivity contribution in [2.45, 2.75) is 70.1 Å². The van der Waals surface area contributed by atoms with Gasteiger partial charge in [0.2, 0.25) is 11.9 Å². The second kappa shape index (κ2) is 13.4. The van der Waals surface area contributed by atoms with E-state index in [1.165, 1.54) is 12.3 Å². The third-order valence-electron chi connectivity index (χ3n) is 10.3. The van der Waals surface area contributed by atoms with Gasteiger partial charge >= 0.3 is 0 Å². The molecule has 5 heterocycles. The Hall–Kier alpha value is -3.77. The topological polar surface area (TPSA) is 121 Å². The Morgan fingerprint density at radius 1 is 1.06 bits per heavy atom. The number of fused-ring (bicyclic) bond motifs is 1. The summed E-state index contributed by atoms with van der Waals surface area (Å²) in [4.78, 5) is 33.7. The summed E-state index contributed by atoms with van der Waals surface area (Å²) in [6.45, 7) is 11.0. The first-order valence-electron chi connectivity index (χ1n) is 16.7. The summed E-state index contributed by atoms with van der Waals surface area (Å²) < 4.78 is 29.9. The highest BCUT2D eigenvalue weighted by atomic mass is 32.2. The number of nitrogens with zero attached hydrogens (tertiary/aromatic N) is 6. The molecular formula is C35H47N7O4S. The Kier molecular flexibility index (Phi) is 9.44. The molecule has 3 aliphatic rings. The highest BCUT2D eigenvalue weighted by Crippen LogP contribution is 2.46. The van der Waals surface area contributed by atoms with Gasteiger partial charge in [0.25, 0.3) is 0 Å². The van der Waals surface area contributed by atoms with Gasteiger partial charge in [-0.1, -0.05) is 25.5 Å². The van der Waals surface area contributed by atoms with Crippen molar-refractivity contribution in [2.24, 2.45) is 5.92 Å². The minimum atomic E-state index is -3.11. The quantitative estimate of drug-likeness (QED) is 0.304. The molecule has 0 unspecified atom stereocenters. The normalized spacial score (nSPS) is 22.1. The summed E-state index contributed by atoms with van der Waals surface area (Å²) in [5.41, 5.74) is 1.73. The molecule has 3 aliphatic heterocycles. The van der Waals surface area contributed by atoms with Crippen LogP contribution in [0.3, 0.4) is 0 Å². The van der Waals surface area contributed by atoms with Gasteiger partial charge in [0.1, 0.15) is 21.5 Å². The SMILES string of the molecule is C=CC(=O)N1CCCCC[C@H]1c1ccc(N2C[C@H](CS(C)(=O)=O)C2(C)C)c2cnc(Nc3ccnc(N4CCC(OC)CC4)n3)cc12. The maximum Gasteiger partial charge on any atom is 0.246 e. The summed E-state index contributed by atoms with van der Waals surface area (Å²) in [7, 11) is -1.35. The predicted molar refractivity (Wildman–Crippen MR) is 187 cm³/mol. The lowest BCUT2D eigenvalue weighted by Gasteiger charge is -2.57. The molecule has 47 heavy (non-hydrogen) atoms. The van der Waals surface area contributed by atoms with Crippen LogP contribution in [0.15, 0.2) is 49.3 Å². The maximum absolute atomic E-state index is 13.1. The molecule has 252 valence electrons. The van der Waals surface area contributed by atoms with E-state index in [4.69, 9.17) is 14.7 Å². The van der Waals surface area contributed by atoms with E-state index in [1.807, 2.05) is 17.2 Å². The maximum atomic E-state index is 13.1. The number of ether oxygens (including phenoxy) is 1. The molecule has 0 bridgehead atoms. The van der Waals surface area contributed by atoms with E-state index in [-0.39, 0.29) is 35.3 Å². The van der Waals surface area contributed by atoms with E-state index < -0.39 is 9.84 Å². The van der Waals surface area contributed by atoms with Crippen LogP contribution in [-0.4, -0.2) is 91.1 Å². The zero-order valence-corrected chi connectivity index (χ0v) is 28.8. The standard InChI is InChI=1S/C35H47N7O4S/c1-6-33(43)41-17-9-7-8-10-29(41)26-11-12-30(42-22-24(35(42,2)3)23-47(5,44)45)28-21-37-32(20-27(26)28)38-31-13-16-36-34(39-31)40-18-14-25(46-4)15-19-40/h6,11-13,16,20-21,24-25,29H,1,7-10,14-15,17-19,22-23H2,2-5H3,(H,36,37,38,39)/t24-,29+/m1/s1. The van der Waals surface area contributed by atoms with Gasteiger partial charge in [-0.2, -0.15) is 4.98 Å². The molecule has 0 radical (unpaired) electrons. The molecule has 6 rings (SSSR count). The number of amides is 1. The van der Waals surface area contributed by atoms with Gasteiger partial charge in [0.05, 0.1) is 17.9 Å². The first-order valence-corrected chi connectivity index (χ1v) is 18.7. The fraction of sp³-hybridized carbons (Fsp3) is 0.543. The molecule has 2 atom stereocenters. The monoisotopic (exact) mass is 661 g/mol. The average molecular weight is 662 g/mol. The largest absolute Gasteiger partial charge is 0.381 e. The highest BCUT2D eigenvalue weighted by molar-refractivity contribution is 7.90. The predicted octanol–water partition coefficient (Wildman–Crippen LogP) is 5.27. The third kappa shape index (κ3) is 6.94. The fourth-order valence-corrected chi connectivity index (χ4v) is 8.71. The van der Waals surface area contributed by atoms with Crippen LogP contribution in [-0.2, 0) is 19.4 Å². The van der Waals surface area contributed by atoms with Crippen molar-refractivity contribution in [3.63, 3.8) is 0 Å². The number of piperidine rings is 1. The Labute approximate surface area is 278 Å². The molecule has 1 amide bonds. The average Bonchev–Trinajstić information content (AvgIpc) is 3.32.